The van der Waals surface area contributed by atoms with Crippen molar-refractivity contribution in [3.8, 4) is 0 Å². The van der Waals surface area contributed by atoms with Crippen molar-refractivity contribution in [2.24, 2.45) is 0 Å². The van der Waals surface area contributed by atoms with Crippen LogP contribution in [-0.4, -0.2) is 11.9 Å². The lowest BCUT2D eigenvalue weighted by atomic mass is 9.94. The van der Waals surface area contributed by atoms with Crippen LogP contribution in [-0.2, 0) is 6.42 Å². The zero-order valence-electron chi connectivity index (χ0n) is 19.0. The van der Waals surface area contributed by atoms with Gasteiger partial charge in [-0.2, -0.15) is 0 Å². The lowest BCUT2D eigenvalue weighted by Crippen LogP contribution is -2.36. The van der Waals surface area contributed by atoms with Gasteiger partial charge < -0.3 is 5.32 Å². The van der Waals surface area contributed by atoms with E-state index in [9.17, 15) is 4.79 Å². The van der Waals surface area contributed by atoms with Gasteiger partial charge in [0.05, 0.1) is 0 Å². The number of hydrogen-bond acceptors (Lipinski definition) is 1. The SMILES string of the molecule is CCCCCCCCCCCCCCc1ccccc1C(=O)NC1CCCCC1. The monoisotopic (exact) mass is 399 g/mol. The molecule has 2 nitrogen and oxygen atoms in total. The van der Waals surface area contributed by atoms with Crippen molar-refractivity contribution in [3.63, 3.8) is 0 Å². The summed E-state index contributed by atoms with van der Waals surface area (Å²) in [6.45, 7) is 2.28. The topological polar surface area (TPSA) is 29.1 Å². The average Bonchev–Trinajstić information content (AvgIpc) is 2.75. The van der Waals surface area contributed by atoms with Gasteiger partial charge in [0.2, 0.25) is 0 Å². The van der Waals surface area contributed by atoms with Crippen molar-refractivity contribution in [1.82, 2.24) is 5.32 Å². The molecule has 1 aromatic rings. The fourth-order valence-corrected chi connectivity index (χ4v) is 4.63. The Labute approximate surface area is 180 Å². The van der Waals surface area contributed by atoms with Crippen LogP contribution in [0.4, 0.5) is 0 Å². The van der Waals surface area contributed by atoms with Gasteiger partial charge >= 0.3 is 0 Å². The second-order valence-corrected chi connectivity index (χ2v) is 9.10. The lowest BCUT2D eigenvalue weighted by Gasteiger charge is -2.23. The highest BCUT2D eigenvalue weighted by Crippen LogP contribution is 2.19. The van der Waals surface area contributed by atoms with Crippen LogP contribution in [0.2, 0.25) is 0 Å². The number of nitrogens with one attached hydrogen (secondary N) is 1. The molecule has 1 aliphatic rings. The van der Waals surface area contributed by atoms with Gasteiger partial charge in [-0.1, -0.05) is 115 Å². The highest BCUT2D eigenvalue weighted by atomic mass is 16.1. The summed E-state index contributed by atoms with van der Waals surface area (Å²) < 4.78 is 0. The maximum atomic E-state index is 12.7. The summed E-state index contributed by atoms with van der Waals surface area (Å²) in [5, 5.41) is 3.28. The molecule has 0 atom stereocenters. The predicted molar refractivity (Wildman–Crippen MR) is 126 cm³/mol. The number of unbranched alkanes of at least 4 members (excludes halogenated alkanes) is 11. The van der Waals surface area contributed by atoms with Crippen molar-refractivity contribution in [2.75, 3.05) is 0 Å². The predicted octanol–water partition coefficient (Wildman–Crippen LogP) is 7.99. The molecule has 1 amide bonds. The van der Waals surface area contributed by atoms with Gasteiger partial charge in [-0.25, -0.2) is 0 Å². The van der Waals surface area contributed by atoms with Crippen LogP contribution in [0.25, 0.3) is 0 Å². The highest BCUT2D eigenvalue weighted by molar-refractivity contribution is 5.95. The molecule has 0 radical (unpaired) electrons. The molecule has 1 N–H and O–H groups in total. The van der Waals surface area contributed by atoms with Gasteiger partial charge in [0.15, 0.2) is 0 Å². The van der Waals surface area contributed by atoms with Crippen LogP contribution in [0.5, 0.6) is 0 Å². The standard InChI is InChI=1S/C27H45NO/c1-2-3-4-5-6-7-8-9-10-11-12-14-19-24-20-17-18-23-26(24)27(29)28-25-21-15-13-16-22-25/h17-18,20,23,25H,2-16,19,21-22H2,1H3,(H,28,29). The minimum atomic E-state index is 0.145. The van der Waals surface area contributed by atoms with E-state index in [0.29, 0.717) is 6.04 Å². The Bertz CT molecular complexity index is 547. The Balaban J connectivity index is 1.56. The molecule has 1 aliphatic carbocycles. The summed E-state index contributed by atoms with van der Waals surface area (Å²) in [6.07, 6.45) is 23.6. The lowest BCUT2D eigenvalue weighted by molar-refractivity contribution is 0.0926. The van der Waals surface area contributed by atoms with Crippen LogP contribution in [0.15, 0.2) is 24.3 Å². The smallest absolute Gasteiger partial charge is 0.251 e. The van der Waals surface area contributed by atoms with E-state index in [4.69, 9.17) is 0 Å². The molecule has 29 heavy (non-hydrogen) atoms. The molecule has 0 heterocycles. The van der Waals surface area contributed by atoms with Crippen LogP contribution < -0.4 is 5.32 Å². The van der Waals surface area contributed by atoms with Crippen LogP contribution in [0.3, 0.4) is 0 Å². The number of carbonyl (C=O) groups excluding carboxylic acids is 1. The Hall–Kier alpha value is -1.31. The van der Waals surface area contributed by atoms with Crippen molar-refractivity contribution in [3.05, 3.63) is 35.4 Å². The molecule has 0 unspecified atom stereocenters. The minimum Gasteiger partial charge on any atom is -0.349 e. The first-order chi connectivity index (χ1) is 14.3. The second-order valence-electron chi connectivity index (χ2n) is 9.10. The number of carbonyl (C=O) groups is 1. The fourth-order valence-electron chi connectivity index (χ4n) is 4.63. The van der Waals surface area contributed by atoms with Gasteiger partial charge in [-0.3, -0.25) is 4.79 Å². The van der Waals surface area contributed by atoms with E-state index in [1.807, 2.05) is 12.1 Å². The molecule has 0 aromatic heterocycles. The maximum Gasteiger partial charge on any atom is 0.251 e. The van der Waals surface area contributed by atoms with Gasteiger partial charge in [-0.15, -0.1) is 0 Å². The molecule has 0 aliphatic heterocycles. The summed E-state index contributed by atoms with van der Waals surface area (Å²) in [5.41, 5.74) is 2.13. The zero-order valence-corrected chi connectivity index (χ0v) is 19.0. The largest absolute Gasteiger partial charge is 0.349 e. The molecule has 2 rings (SSSR count). The van der Waals surface area contributed by atoms with E-state index < -0.39 is 0 Å². The summed E-state index contributed by atoms with van der Waals surface area (Å²) in [4.78, 5) is 12.7. The zero-order chi connectivity index (χ0) is 20.6. The van der Waals surface area contributed by atoms with Gasteiger partial charge in [0.25, 0.3) is 5.91 Å². The maximum absolute atomic E-state index is 12.7. The third kappa shape index (κ3) is 10.3. The molecular formula is C27H45NO. The quantitative estimate of drug-likeness (QED) is 0.297. The summed E-state index contributed by atoms with van der Waals surface area (Å²) in [5.74, 6) is 0.145. The van der Waals surface area contributed by atoms with Crippen LogP contribution >= 0.6 is 0 Å². The third-order valence-corrected chi connectivity index (χ3v) is 6.50. The number of benzene rings is 1. The first-order valence-corrected chi connectivity index (χ1v) is 12.7. The first-order valence-electron chi connectivity index (χ1n) is 12.7. The van der Waals surface area contributed by atoms with Crippen molar-refractivity contribution < 1.29 is 4.79 Å². The molecule has 1 fully saturated rings. The molecule has 1 aromatic carbocycles. The minimum absolute atomic E-state index is 0.145. The molecule has 0 bridgehead atoms. The van der Waals surface area contributed by atoms with E-state index in [-0.39, 0.29) is 5.91 Å². The Morgan fingerprint density at radius 1 is 0.793 bits per heavy atom. The molecular weight excluding hydrogens is 354 g/mol. The van der Waals surface area contributed by atoms with Crippen molar-refractivity contribution >= 4 is 5.91 Å². The van der Waals surface area contributed by atoms with Crippen LogP contribution in [0.1, 0.15) is 132 Å². The Morgan fingerprint density at radius 2 is 1.34 bits per heavy atom. The van der Waals surface area contributed by atoms with Crippen molar-refractivity contribution in [1.29, 1.82) is 0 Å². The molecule has 164 valence electrons. The number of amides is 1. The Kier molecular flexibility index (Phi) is 12.8. The van der Waals surface area contributed by atoms with E-state index in [1.165, 1.54) is 102 Å². The summed E-state index contributed by atoms with van der Waals surface area (Å²) in [7, 11) is 0. The molecule has 1 saturated carbocycles. The molecule has 0 saturated heterocycles. The number of hydrogen-bond donors (Lipinski definition) is 1. The normalized spacial score (nSPS) is 14.8. The summed E-state index contributed by atoms with van der Waals surface area (Å²) in [6, 6.07) is 8.62. The van der Waals surface area contributed by atoms with Gasteiger partial charge in [-0.05, 0) is 37.3 Å². The van der Waals surface area contributed by atoms with E-state index in [2.05, 4.69) is 24.4 Å². The van der Waals surface area contributed by atoms with E-state index >= 15 is 0 Å². The molecule has 0 spiro atoms. The first kappa shape index (κ1) is 24.0. The fraction of sp³-hybridized carbons (Fsp3) is 0.741. The van der Waals surface area contributed by atoms with Crippen molar-refractivity contribution in [2.45, 2.75) is 129 Å². The second kappa shape index (κ2) is 15.5. The van der Waals surface area contributed by atoms with Gasteiger partial charge in [0.1, 0.15) is 0 Å². The number of rotatable bonds is 15. The van der Waals surface area contributed by atoms with E-state index in [0.717, 1.165) is 24.8 Å². The molecule has 2 heteroatoms. The van der Waals surface area contributed by atoms with Gasteiger partial charge in [0, 0.05) is 11.6 Å². The number of aryl methyl sites for hydroxylation is 1. The summed E-state index contributed by atoms with van der Waals surface area (Å²) >= 11 is 0. The average molecular weight is 400 g/mol. The third-order valence-electron chi connectivity index (χ3n) is 6.50. The Morgan fingerprint density at radius 3 is 1.97 bits per heavy atom. The highest BCUT2D eigenvalue weighted by Gasteiger charge is 2.18. The van der Waals surface area contributed by atoms with Crippen LogP contribution in [0, 0.1) is 0 Å². The van der Waals surface area contributed by atoms with E-state index in [1.54, 1.807) is 0 Å².